The van der Waals surface area contributed by atoms with E-state index in [1.165, 1.54) is 17.5 Å². The molecule has 0 bridgehead atoms. The SMILES string of the molecule is CC(C)(C)c1ccc(CCC(=O)Nc2ccc(-c3cncnc3)cc2)cc1. The summed E-state index contributed by atoms with van der Waals surface area (Å²) in [4.78, 5) is 20.3. The van der Waals surface area contributed by atoms with Gasteiger partial charge in [-0.3, -0.25) is 4.79 Å². The smallest absolute Gasteiger partial charge is 0.224 e. The number of carbonyl (C=O) groups is 1. The number of aryl methyl sites for hydroxylation is 1. The van der Waals surface area contributed by atoms with Crippen molar-refractivity contribution in [1.82, 2.24) is 9.97 Å². The van der Waals surface area contributed by atoms with Crippen LogP contribution in [0.25, 0.3) is 11.1 Å². The second kappa shape index (κ2) is 8.12. The first-order valence-electron chi connectivity index (χ1n) is 9.16. The second-order valence-corrected chi connectivity index (χ2v) is 7.70. The molecule has 2 aromatic carbocycles. The number of hydrogen-bond donors (Lipinski definition) is 1. The van der Waals surface area contributed by atoms with Crippen LogP contribution in [-0.2, 0) is 16.6 Å². The molecule has 0 unspecified atom stereocenters. The van der Waals surface area contributed by atoms with Crippen molar-refractivity contribution in [2.75, 3.05) is 5.32 Å². The van der Waals surface area contributed by atoms with Crippen molar-refractivity contribution in [1.29, 1.82) is 0 Å². The average molecular weight is 359 g/mol. The highest BCUT2D eigenvalue weighted by Gasteiger charge is 2.13. The number of nitrogens with one attached hydrogen (secondary N) is 1. The van der Waals surface area contributed by atoms with Crippen molar-refractivity contribution in [3.05, 3.63) is 78.4 Å². The third kappa shape index (κ3) is 5.23. The van der Waals surface area contributed by atoms with Crippen LogP contribution in [0, 0.1) is 0 Å². The maximum absolute atomic E-state index is 12.2. The zero-order chi connectivity index (χ0) is 19.3. The molecule has 0 radical (unpaired) electrons. The molecule has 0 saturated heterocycles. The lowest BCUT2D eigenvalue weighted by Gasteiger charge is -2.19. The Hall–Kier alpha value is -3.01. The van der Waals surface area contributed by atoms with Gasteiger partial charge in [-0.15, -0.1) is 0 Å². The van der Waals surface area contributed by atoms with Gasteiger partial charge >= 0.3 is 0 Å². The predicted molar refractivity (Wildman–Crippen MR) is 110 cm³/mol. The first kappa shape index (κ1) is 18.8. The normalized spacial score (nSPS) is 11.2. The summed E-state index contributed by atoms with van der Waals surface area (Å²) in [6.45, 7) is 6.60. The summed E-state index contributed by atoms with van der Waals surface area (Å²) in [6.07, 6.45) is 6.24. The second-order valence-electron chi connectivity index (χ2n) is 7.70. The van der Waals surface area contributed by atoms with Crippen LogP contribution in [-0.4, -0.2) is 15.9 Å². The summed E-state index contributed by atoms with van der Waals surface area (Å²) < 4.78 is 0. The topological polar surface area (TPSA) is 54.9 Å². The highest BCUT2D eigenvalue weighted by atomic mass is 16.1. The molecule has 0 fully saturated rings. The van der Waals surface area contributed by atoms with Crippen LogP contribution in [0.2, 0.25) is 0 Å². The van der Waals surface area contributed by atoms with Gasteiger partial charge in [-0.1, -0.05) is 57.2 Å². The minimum Gasteiger partial charge on any atom is -0.326 e. The Labute approximate surface area is 160 Å². The lowest BCUT2D eigenvalue weighted by Crippen LogP contribution is -2.13. The predicted octanol–water partition coefficient (Wildman–Crippen LogP) is 5.01. The number of rotatable bonds is 5. The van der Waals surface area contributed by atoms with Gasteiger partial charge < -0.3 is 5.32 Å². The van der Waals surface area contributed by atoms with E-state index in [1.807, 2.05) is 24.3 Å². The Balaban J connectivity index is 1.53. The number of anilines is 1. The molecule has 0 atom stereocenters. The van der Waals surface area contributed by atoms with E-state index < -0.39 is 0 Å². The van der Waals surface area contributed by atoms with Crippen LogP contribution in [0.3, 0.4) is 0 Å². The van der Waals surface area contributed by atoms with E-state index in [-0.39, 0.29) is 11.3 Å². The third-order valence-corrected chi connectivity index (χ3v) is 4.52. The van der Waals surface area contributed by atoms with Crippen LogP contribution in [0.4, 0.5) is 5.69 Å². The molecule has 4 nitrogen and oxygen atoms in total. The van der Waals surface area contributed by atoms with Gasteiger partial charge in [-0.25, -0.2) is 9.97 Å². The Morgan fingerprint density at radius 1 is 0.889 bits per heavy atom. The van der Waals surface area contributed by atoms with Crippen LogP contribution >= 0.6 is 0 Å². The number of aromatic nitrogens is 2. The number of hydrogen-bond acceptors (Lipinski definition) is 3. The Morgan fingerprint density at radius 2 is 1.52 bits per heavy atom. The van der Waals surface area contributed by atoms with Gasteiger partial charge in [0.15, 0.2) is 0 Å². The molecule has 0 aliphatic carbocycles. The molecule has 1 amide bonds. The van der Waals surface area contributed by atoms with E-state index >= 15 is 0 Å². The summed E-state index contributed by atoms with van der Waals surface area (Å²) in [7, 11) is 0. The summed E-state index contributed by atoms with van der Waals surface area (Å²) in [5, 5.41) is 2.96. The highest BCUT2D eigenvalue weighted by molar-refractivity contribution is 5.91. The first-order chi connectivity index (χ1) is 12.9. The molecule has 0 spiro atoms. The number of amides is 1. The lowest BCUT2D eigenvalue weighted by molar-refractivity contribution is -0.116. The average Bonchev–Trinajstić information content (AvgIpc) is 2.67. The minimum absolute atomic E-state index is 0.0192. The Morgan fingerprint density at radius 3 is 2.11 bits per heavy atom. The van der Waals surface area contributed by atoms with Crippen LogP contribution in [0.5, 0.6) is 0 Å². The summed E-state index contributed by atoms with van der Waals surface area (Å²) in [5.41, 5.74) is 5.40. The molecule has 1 N–H and O–H groups in total. The molecule has 3 aromatic rings. The van der Waals surface area contributed by atoms with E-state index in [4.69, 9.17) is 0 Å². The van der Waals surface area contributed by atoms with Crippen LogP contribution < -0.4 is 5.32 Å². The standard InChI is InChI=1S/C23H25N3O/c1-23(2,3)20-9-4-17(5-10-20)6-13-22(27)26-21-11-7-18(8-12-21)19-14-24-16-25-15-19/h4-5,7-12,14-16H,6,13H2,1-3H3,(H,26,27). The summed E-state index contributed by atoms with van der Waals surface area (Å²) in [5.74, 6) is 0.0192. The first-order valence-corrected chi connectivity index (χ1v) is 9.16. The molecular formula is C23H25N3O. The van der Waals surface area contributed by atoms with Crippen molar-refractivity contribution in [3.8, 4) is 11.1 Å². The number of carbonyl (C=O) groups excluding carboxylic acids is 1. The van der Waals surface area contributed by atoms with Gasteiger partial charge in [0.2, 0.25) is 5.91 Å². The van der Waals surface area contributed by atoms with Crippen molar-refractivity contribution in [2.45, 2.75) is 39.0 Å². The fraction of sp³-hybridized carbons (Fsp3) is 0.261. The number of benzene rings is 2. The van der Waals surface area contributed by atoms with Gasteiger partial charge in [0.1, 0.15) is 6.33 Å². The molecule has 0 aliphatic rings. The van der Waals surface area contributed by atoms with Crippen molar-refractivity contribution in [3.63, 3.8) is 0 Å². The van der Waals surface area contributed by atoms with E-state index in [0.717, 1.165) is 23.2 Å². The van der Waals surface area contributed by atoms with Crippen molar-refractivity contribution < 1.29 is 4.79 Å². The maximum Gasteiger partial charge on any atom is 0.224 e. The van der Waals surface area contributed by atoms with Gasteiger partial charge in [0.05, 0.1) is 0 Å². The van der Waals surface area contributed by atoms with E-state index in [1.54, 1.807) is 12.4 Å². The van der Waals surface area contributed by atoms with E-state index in [2.05, 4.69) is 60.3 Å². The fourth-order valence-electron chi connectivity index (χ4n) is 2.85. The van der Waals surface area contributed by atoms with E-state index in [0.29, 0.717) is 6.42 Å². The highest BCUT2D eigenvalue weighted by Crippen LogP contribution is 2.23. The van der Waals surface area contributed by atoms with Gasteiger partial charge in [-0.2, -0.15) is 0 Å². The van der Waals surface area contributed by atoms with Gasteiger partial charge in [0, 0.05) is 30.1 Å². The zero-order valence-electron chi connectivity index (χ0n) is 16.1. The molecule has 1 heterocycles. The summed E-state index contributed by atoms with van der Waals surface area (Å²) >= 11 is 0. The molecule has 0 saturated carbocycles. The molecule has 138 valence electrons. The lowest BCUT2D eigenvalue weighted by atomic mass is 9.86. The van der Waals surface area contributed by atoms with Gasteiger partial charge in [-0.05, 0) is 40.7 Å². The monoisotopic (exact) mass is 359 g/mol. The van der Waals surface area contributed by atoms with Crippen molar-refractivity contribution >= 4 is 11.6 Å². The largest absolute Gasteiger partial charge is 0.326 e. The molecule has 4 heteroatoms. The molecular weight excluding hydrogens is 334 g/mol. The summed E-state index contributed by atoms with van der Waals surface area (Å²) in [6, 6.07) is 16.3. The quantitative estimate of drug-likeness (QED) is 0.696. The molecule has 1 aromatic heterocycles. The minimum atomic E-state index is 0.0192. The van der Waals surface area contributed by atoms with Crippen molar-refractivity contribution in [2.24, 2.45) is 0 Å². The van der Waals surface area contributed by atoms with Crippen LogP contribution in [0.1, 0.15) is 38.3 Å². The molecule has 3 rings (SSSR count). The van der Waals surface area contributed by atoms with Crippen LogP contribution in [0.15, 0.2) is 67.3 Å². The molecule has 0 aliphatic heterocycles. The Kier molecular flexibility index (Phi) is 5.65. The zero-order valence-corrected chi connectivity index (χ0v) is 16.1. The maximum atomic E-state index is 12.2. The Bertz CT molecular complexity index is 880. The molecule has 27 heavy (non-hydrogen) atoms. The number of nitrogens with zero attached hydrogens (tertiary/aromatic N) is 2. The third-order valence-electron chi connectivity index (χ3n) is 4.52. The van der Waals surface area contributed by atoms with E-state index in [9.17, 15) is 4.79 Å². The fourth-order valence-corrected chi connectivity index (χ4v) is 2.85. The van der Waals surface area contributed by atoms with Gasteiger partial charge in [0.25, 0.3) is 0 Å².